The van der Waals surface area contributed by atoms with Gasteiger partial charge in [-0.3, -0.25) is 5.32 Å². The summed E-state index contributed by atoms with van der Waals surface area (Å²) in [5.41, 5.74) is 1.20. The third-order valence-corrected chi connectivity index (χ3v) is 10.2. The lowest BCUT2D eigenvalue weighted by Crippen LogP contribution is -2.50. The van der Waals surface area contributed by atoms with Crippen molar-refractivity contribution in [3.63, 3.8) is 0 Å². The van der Waals surface area contributed by atoms with Crippen LogP contribution >= 0.6 is 0 Å². The molecule has 1 aromatic heterocycles. The molecule has 0 radical (unpaired) electrons. The molecule has 6 nitrogen and oxygen atoms in total. The van der Waals surface area contributed by atoms with Crippen LogP contribution in [0, 0.1) is 0 Å². The second kappa shape index (κ2) is 8.45. The second-order valence-electron chi connectivity index (χ2n) is 8.98. The molecule has 0 spiro atoms. The van der Waals surface area contributed by atoms with Gasteiger partial charge in [-0.15, -0.1) is 0 Å². The van der Waals surface area contributed by atoms with Gasteiger partial charge in [0.2, 0.25) is 0 Å². The summed E-state index contributed by atoms with van der Waals surface area (Å²) in [6, 6.07) is 13.9. The number of rotatable bonds is 4. The number of hydrogen-bond acceptors (Lipinski definition) is 4. The van der Waals surface area contributed by atoms with Crippen LogP contribution in [0.1, 0.15) is 20.8 Å². The fraction of sp³-hybridized carbons (Fsp3) is 0.455. The summed E-state index contributed by atoms with van der Waals surface area (Å²) in [4.78, 5) is 21.1. The highest BCUT2D eigenvalue weighted by Gasteiger charge is 2.39. The van der Waals surface area contributed by atoms with Gasteiger partial charge in [0.15, 0.2) is 0 Å². The number of urea groups is 1. The van der Waals surface area contributed by atoms with Crippen molar-refractivity contribution in [3.8, 4) is 5.75 Å². The predicted molar refractivity (Wildman–Crippen MR) is 121 cm³/mol. The standard InChI is InChI=1S/C22H32N4O2Si/c1-22(2,3)29(4,5)28-19-11-12-20(23-17-19)24-21(27)26-15-13-25(14-16-26)18-9-7-6-8-10-18/h6-12,17H,13-16H2,1-5H3,(H,23,24,27). The first-order valence-electron chi connectivity index (χ1n) is 10.2. The molecule has 1 aliphatic rings. The smallest absolute Gasteiger partial charge is 0.323 e. The van der Waals surface area contributed by atoms with Gasteiger partial charge in [0.25, 0.3) is 8.32 Å². The number of carbonyl (C=O) groups is 1. The van der Waals surface area contributed by atoms with Crippen LogP contribution in [0.4, 0.5) is 16.3 Å². The SMILES string of the molecule is CC(C)(C)[Si](C)(C)Oc1ccc(NC(=O)N2CCN(c3ccccc3)CC2)nc1. The van der Waals surface area contributed by atoms with Crippen molar-refractivity contribution < 1.29 is 9.22 Å². The van der Waals surface area contributed by atoms with E-state index < -0.39 is 8.32 Å². The molecule has 1 aromatic carbocycles. The van der Waals surface area contributed by atoms with Crippen molar-refractivity contribution in [2.45, 2.75) is 38.9 Å². The van der Waals surface area contributed by atoms with Crippen LogP contribution in [-0.2, 0) is 0 Å². The van der Waals surface area contributed by atoms with E-state index in [1.54, 1.807) is 12.3 Å². The number of piperazine rings is 1. The fourth-order valence-electron chi connectivity index (χ4n) is 2.96. The Morgan fingerprint density at radius 2 is 1.69 bits per heavy atom. The maximum Gasteiger partial charge on any atom is 0.323 e. The molecule has 2 heterocycles. The van der Waals surface area contributed by atoms with E-state index in [9.17, 15) is 4.79 Å². The van der Waals surface area contributed by atoms with Gasteiger partial charge < -0.3 is 14.2 Å². The minimum atomic E-state index is -1.90. The lowest BCUT2D eigenvalue weighted by Gasteiger charge is -2.36. The lowest BCUT2D eigenvalue weighted by molar-refractivity contribution is 0.208. The highest BCUT2D eigenvalue weighted by molar-refractivity contribution is 6.74. The number of nitrogens with one attached hydrogen (secondary N) is 1. The number of amides is 2. The zero-order valence-electron chi connectivity index (χ0n) is 18.1. The van der Waals surface area contributed by atoms with Crippen molar-refractivity contribution in [2.75, 3.05) is 36.4 Å². The minimum absolute atomic E-state index is 0.108. The van der Waals surface area contributed by atoms with Crippen LogP contribution in [0.5, 0.6) is 5.75 Å². The Balaban J connectivity index is 1.52. The molecule has 7 heteroatoms. The van der Waals surface area contributed by atoms with E-state index in [1.807, 2.05) is 29.2 Å². The second-order valence-corrected chi connectivity index (χ2v) is 13.7. The summed E-state index contributed by atoms with van der Waals surface area (Å²) < 4.78 is 6.24. The average molecular weight is 413 g/mol. The lowest BCUT2D eigenvalue weighted by atomic mass is 10.2. The molecule has 1 aliphatic heterocycles. The summed E-state index contributed by atoms with van der Waals surface area (Å²) in [7, 11) is -1.90. The molecule has 1 N–H and O–H groups in total. The van der Waals surface area contributed by atoms with Crippen LogP contribution in [0.3, 0.4) is 0 Å². The van der Waals surface area contributed by atoms with Gasteiger partial charge in [0.1, 0.15) is 11.6 Å². The number of carbonyl (C=O) groups excluding carboxylic acids is 1. The third-order valence-electron chi connectivity index (χ3n) is 5.84. The Hall–Kier alpha value is -2.54. The largest absolute Gasteiger partial charge is 0.542 e. The minimum Gasteiger partial charge on any atom is -0.542 e. The highest BCUT2D eigenvalue weighted by atomic mass is 28.4. The normalized spacial score (nSPS) is 15.2. The quantitative estimate of drug-likeness (QED) is 0.732. The van der Waals surface area contributed by atoms with Crippen LogP contribution in [-0.4, -0.2) is 50.4 Å². The number of pyridine rings is 1. The number of nitrogens with zero attached hydrogens (tertiary/aromatic N) is 3. The van der Waals surface area contributed by atoms with Gasteiger partial charge in [-0.2, -0.15) is 0 Å². The third kappa shape index (κ3) is 5.29. The number of anilines is 2. The van der Waals surface area contributed by atoms with Gasteiger partial charge in [0.05, 0.1) is 6.20 Å². The van der Waals surface area contributed by atoms with Crippen molar-refractivity contribution in [3.05, 3.63) is 48.7 Å². The van der Waals surface area contributed by atoms with E-state index in [0.717, 1.165) is 18.8 Å². The molecule has 1 saturated heterocycles. The van der Waals surface area contributed by atoms with Crippen LogP contribution < -0.4 is 14.6 Å². The molecular weight excluding hydrogens is 380 g/mol. The Bertz CT molecular complexity index is 811. The number of para-hydroxylation sites is 1. The van der Waals surface area contributed by atoms with Gasteiger partial charge in [-0.25, -0.2) is 9.78 Å². The summed E-state index contributed by atoms with van der Waals surface area (Å²) in [6.07, 6.45) is 1.70. The predicted octanol–water partition coefficient (Wildman–Crippen LogP) is 4.82. The highest BCUT2D eigenvalue weighted by Crippen LogP contribution is 2.37. The van der Waals surface area contributed by atoms with Crippen molar-refractivity contribution in [1.82, 2.24) is 9.88 Å². The van der Waals surface area contributed by atoms with E-state index in [4.69, 9.17) is 4.43 Å². The molecule has 156 valence electrons. The summed E-state index contributed by atoms with van der Waals surface area (Å²) in [5.74, 6) is 1.30. The van der Waals surface area contributed by atoms with E-state index in [2.05, 4.69) is 61.2 Å². The Labute approximate surface area is 175 Å². The summed E-state index contributed by atoms with van der Waals surface area (Å²) >= 11 is 0. The molecule has 0 aliphatic carbocycles. The molecule has 2 amide bonds. The van der Waals surface area contributed by atoms with Gasteiger partial charge in [-0.1, -0.05) is 39.0 Å². The average Bonchev–Trinajstić information content (AvgIpc) is 2.69. The van der Waals surface area contributed by atoms with Gasteiger partial charge in [-0.05, 0) is 42.4 Å². The van der Waals surface area contributed by atoms with E-state index in [0.29, 0.717) is 18.9 Å². The van der Waals surface area contributed by atoms with Crippen LogP contribution in [0.15, 0.2) is 48.7 Å². The first kappa shape index (κ1) is 21.2. The molecule has 3 rings (SSSR count). The Morgan fingerprint density at radius 1 is 1.03 bits per heavy atom. The topological polar surface area (TPSA) is 57.7 Å². The summed E-state index contributed by atoms with van der Waals surface area (Å²) in [6.45, 7) is 14.1. The maximum absolute atomic E-state index is 12.6. The molecule has 0 saturated carbocycles. The molecule has 29 heavy (non-hydrogen) atoms. The van der Waals surface area contributed by atoms with Gasteiger partial charge in [0, 0.05) is 31.9 Å². The van der Waals surface area contributed by atoms with Gasteiger partial charge >= 0.3 is 6.03 Å². The molecule has 0 unspecified atom stereocenters. The molecular formula is C22H32N4O2Si. The van der Waals surface area contributed by atoms with Crippen molar-refractivity contribution in [1.29, 1.82) is 0 Å². The van der Waals surface area contributed by atoms with Crippen LogP contribution in [0.25, 0.3) is 0 Å². The molecule has 0 atom stereocenters. The van der Waals surface area contributed by atoms with Crippen molar-refractivity contribution >= 4 is 25.9 Å². The fourth-order valence-corrected chi connectivity index (χ4v) is 3.97. The zero-order chi connectivity index (χ0) is 21.1. The number of benzene rings is 1. The monoisotopic (exact) mass is 412 g/mol. The van der Waals surface area contributed by atoms with E-state index in [-0.39, 0.29) is 11.1 Å². The number of aromatic nitrogens is 1. The molecule has 1 fully saturated rings. The Morgan fingerprint density at radius 3 is 2.24 bits per heavy atom. The first-order valence-corrected chi connectivity index (χ1v) is 13.1. The maximum atomic E-state index is 12.6. The molecule has 2 aromatic rings. The van der Waals surface area contributed by atoms with E-state index in [1.165, 1.54) is 5.69 Å². The van der Waals surface area contributed by atoms with Crippen LogP contribution in [0.2, 0.25) is 18.1 Å². The Kier molecular flexibility index (Phi) is 6.17. The zero-order valence-corrected chi connectivity index (χ0v) is 19.1. The molecule has 0 bridgehead atoms. The number of hydrogen-bond donors (Lipinski definition) is 1. The summed E-state index contributed by atoms with van der Waals surface area (Å²) in [5, 5.41) is 3.03. The first-order chi connectivity index (χ1) is 13.7. The van der Waals surface area contributed by atoms with Crippen molar-refractivity contribution in [2.24, 2.45) is 0 Å². The van der Waals surface area contributed by atoms with E-state index >= 15 is 0 Å².